The van der Waals surface area contributed by atoms with Crippen molar-refractivity contribution in [2.24, 2.45) is 5.73 Å². The van der Waals surface area contributed by atoms with Gasteiger partial charge in [0.05, 0.1) is 23.8 Å². The van der Waals surface area contributed by atoms with E-state index in [-0.39, 0.29) is 29.5 Å². The van der Waals surface area contributed by atoms with Gasteiger partial charge in [0.25, 0.3) is 0 Å². The molecule has 0 radical (unpaired) electrons. The lowest BCUT2D eigenvalue weighted by Crippen LogP contribution is -2.22. The second-order valence-corrected chi connectivity index (χ2v) is 4.92. The van der Waals surface area contributed by atoms with E-state index < -0.39 is 17.6 Å². The quantitative estimate of drug-likeness (QED) is 0.903. The van der Waals surface area contributed by atoms with Crippen LogP contribution in [0.25, 0.3) is 0 Å². The third-order valence-electron chi connectivity index (χ3n) is 3.60. The van der Waals surface area contributed by atoms with Crippen LogP contribution < -0.4 is 10.5 Å². The standard InChI is InChI=1S/C15H12F2N4O2/c1-22-6-10-12-11(7-3-2-4-9(16)13(7)17)8(5-18)14(19)23-15(12)21-20-10/h2-4,11H,6,19H2,1H3,(H,20,21)/t11-/m0/s1. The second kappa shape index (κ2) is 5.70. The Balaban J connectivity index is 2.26. The van der Waals surface area contributed by atoms with Crippen molar-refractivity contribution in [3.05, 3.63) is 58.1 Å². The van der Waals surface area contributed by atoms with E-state index in [4.69, 9.17) is 15.2 Å². The van der Waals surface area contributed by atoms with Crippen LogP contribution in [0.1, 0.15) is 22.7 Å². The van der Waals surface area contributed by atoms with Crippen molar-refractivity contribution in [3.8, 4) is 11.9 Å². The molecule has 0 bridgehead atoms. The minimum absolute atomic E-state index is 0.0132. The summed E-state index contributed by atoms with van der Waals surface area (Å²) in [6.45, 7) is 0.137. The van der Waals surface area contributed by atoms with Crippen LogP contribution in [0.2, 0.25) is 0 Å². The highest BCUT2D eigenvalue weighted by Crippen LogP contribution is 2.43. The van der Waals surface area contributed by atoms with E-state index in [1.54, 1.807) is 0 Å². The first-order valence-electron chi connectivity index (χ1n) is 6.66. The van der Waals surface area contributed by atoms with Crippen molar-refractivity contribution in [1.29, 1.82) is 5.26 Å². The number of nitrogens with zero attached hydrogens (tertiary/aromatic N) is 2. The van der Waals surface area contributed by atoms with Gasteiger partial charge in [-0.15, -0.1) is 5.10 Å². The summed E-state index contributed by atoms with van der Waals surface area (Å²) in [5.74, 6) is -3.06. The predicted octanol–water partition coefficient (Wildman–Crippen LogP) is 2.05. The van der Waals surface area contributed by atoms with Gasteiger partial charge in [-0.2, -0.15) is 5.26 Å². The molecule has 0 amide bonds. The predicted molar refractivity (Wildman–Crippen MR) is 75.0 cm³/mol. The molecule has 8 heteroatoms. The van der Waals surface area contributed by atoms with E-state index >= 15 is 0 Å². The number of rotatable bonds is 3. The molecule has 2 heterocycles. The number of halogens is 2. The van der Waals surface area contributed by atoms with Gasteiger partial charge in [0.2, 0.25) is 11.8 Å². The van der Waals surface area contributed by atoms with Gasteiger partial charge in [-0.1, -0.05) is 12.1 Å². The van der Waals surface area contributed by atoms with Crippen molar-refractivity contribution in [2.75, 3.05) is 7.11 Å². The fourth-order valence-electron chi connectivity index (χ4n) is 2.62. The Kier molecular flexibility index (Phi) is 3.72. The zero-order chi connectivity index (χ0) is 16.6. The fourth-order valence-corrected chi connectivity index (χ4v) is 2.62. The number of nitrogens with one attached hydrogen (secondary N) is 1. The molecule has 118 valence electrons. The maximum atomic E-state index is 14.3. The van der Waals surface area contributed by atoms with Crippen LogP contribution in [0.15, 0.2) is 29.7 Å². The lowest BCUT2D eigenvalue weighted by atomic mass is 9.83. The minimum atomic E-state index is -1.05. The largest absolute Gasteiger partial charge is 0.420 e. The van der Waals surface area contributed by atoms with Crippen LogP contribution in [0, 0.1) is 23.0 Å². The molecule has 0 unspecified atom stereocenters. The number of benzene rings is 1. The molecular formula is C15H12F2N4O2. The molecule has 0 aliphatic carbocycles. The van der Waals surface area contributed by atoms with Crippen LogP contribution in [-0.2, 0) is 11.3 Å². The molecule has 1 aromatic carbocycles. The number of aromatic nitrogens is 2. The van der Waals surface area contributed by atoms with Crippen molar-refractivity contribution in [3.63, 3.8) is 0 Å². The molecule has 23 heavy (non-hydrogen) atoms. The summed E-state index contributed by atoms with van der Waals surface area (Å²) in [5, 5.41) is 16.1. The summed E-state index contributed by atoms with van der Waals surface area (Å²) in [5.41, 5.74) is 6.60. The van der Waals surface area contributed by atoms with E-state index in [0.717, 1.165) is 6.07 Å². The molecule has 0 fully saturated rings. The number of fused-ring (bicyclic) bond motifs is 1. The first-order chi connectivity index (χ1) is 11.1. The zero-order valence-electron chi connectivity index (χ0n) is 12.1. The molecule has 1 aliphatic rings. The number of hydrogen-bond acceptors (Lipinski definition) is 5. The molecule has 1 aliphatic heterocycles. The summed E-state index contributed by atoms with van der Waals surface area (Å²) in [7, 11) is 1.48. The highest BCUT2D eigenvalue weighted by molar-refractivity contribution is 5.55. The Morgan fingerprint density at radius 3 is 2.96 bits per heavy atom. The van der Waals surface area contributed by atoms with Crippen LogP contribution in [0.5, 0.6) is 5.88 Å². The number of ether oxygens (including phenoxy) is 2. The molecular weight excluding hydrogens is 306 g/mol. The van der Waals surface area contributed by atoms with E-state index in [0.29, 0.717) is 11.3 Å². The number of nitriles is 1. The Morgan fingerprint density at radius 1 is 1.48 bits per heavy atom. The summed E-state index contributed by atoms with van der Waals surface area (Å²) in [6, 6.07) is 5.67. The van der Waals surface area contributed by atoms with Gasteiger partial charge in [-0.05, 0) is 6.07 Å². The number of allylic oxidation sites excluding steroid dienone is 1. The molecule has 0 spiro atoms. The van der Waals surface area contributed by atoms with Crippen LogP contribution in [0.4, 0.5) is 8.78 Å². The molecule has 0 saturated heterocycles. The van der Waals surface area contributed by atoms with Gasteiger partial charge in [0.15, 0.2) is 11.6 Å². The summed E-state index contributed by atoms with van der Waals surface area (Å²) < 4.78 is 38.3. The molecule has 3 rings (SSSR count). The summed E-state index contributed by atoms with van der Waals surface area (Å²) in [6.07, 6.45) is 0. The Labute approximate surface area is 130 Å². The normalized spacial score (nSPS) is 16.7. The smallest absolute Gasteiger partial charge is 0.244 e. The first kappa shape index (κ1) is 15.0. The van der Waals surface area contributed by atoms with Crippen molar-refractivity contribution < 1.29 is 18.3 Å². The topological polar surface area (TPSA) is 97.0 Å². The molecule has 2 aromatic rings. The summed E-state index contributed by atoms with van der Waals surface area (Å²) >= 11 is 0. The van der Waals surface area contributed by atoms with Crippen LogP contribution >= 0.6 is 0 Å². The minimum Gasteiger partial charge on any atom is -0.420 e. The molecule has 0 saturated carbocycles. The monoisotopic (exact) mass is 318 g/mol. The fraction of sp³-hybridized carbons (Fsp3) is 0.200. The van der Waals surface area contributed by atoms with Crippen LogP contribution in [0.3, 0.4) is 0 Å². The van der Waals surface area contributed by atoms with E-state index in [1.165, 1.54) is 19.2 Å². The zero-order valence-corrected chi connectivity index (χ0v) is 12.1. The van der Waals surface area contributed by atoms with Crippen LogP contribution in [-0.4, -0.2) is 17.3 Å². The van der Waals surface area contributed by atoms with Crippen molar-refractivity contribution in [2.45, 2.75) is 12.5 Å². The van der Waals surface area contributed by atoms with Gasteiger partial charge in [-0.25, -0.2) is 8.78 Å². The molecule has 1 aromatic heterocycles. The number of hydrogen-bond donors (Lipinski definition) is 2. The van der Waals surface area contributed by atoms with Gasteiger partial charge in [-0.3, -0.25) is 5.10 Å². The van der Waals surface area contributed by atoms with Crippen molar-refractivity contribution >= 4 is 0 Å². The first-order valence-corrected chi connectivity index (χ1v) is 6.66. The lowest BCUT2D eigenvalue weighted by Gasteiger charge is -2.24. The van der Waals surface area contributed by atoms with Gasteiger partial charge >= 0.3 is 0 Å². The highest BCUT2D eigenvalue weighted by Gasteiger charge is 2.37. The Morgan fingerprint density at radius 2 is 2.26 bits per heavy atom. The molecule has 1 atom stereocenters. The number of nitrogens with two attached hydrogens (primary N) is 1. The third kappa shape index (κ3) is 2.31. The average molecular weight is 318 g/mol. The van der Waals surface area contributed by atoms with E-state index in [2.05, 4.69) is 10.2 Å². The maximum absolute atomic E-state index is 14.3. The highest BCUT2D eigenvalue weighted by atomic mass is 19.2. The SMILES string of the molecule is COCc1[nH]nc2c1[C@@H](c1cccc(F)c1F)C(C#N)=C(N)O2. The molecule has 3 N–H and O–H groups in total. The van der Waals surface area contributed by atoms with E-state index in [9.17, 15) is 14.0 Å². The number of aromatic amines is 1. The average Bonchev–Trinajstić information content (AvgIpc) is 2.92. The Hall–Kier alpha value is -2.92. The molecule has 6 nitrogen and oxygen atoms in total. The van der Waals surface area contributed by atoms with Gasteiger partial charge in [0.1, 0.15) is 11.6 Å². The van der Waals surface area contributed by atoms with Gasteiger partial charge in [0, 0.05) is 12.7 Å². The van der Waals surface area contributed by atoms with Gasteiger partial charge < -0.3 is 15.2 Å². The van der Waals surface area contributed by atoms with E-state index in [1.807, 2.05) is 6.07 Å². The number of methoxy groups -OCH3 is 1. The third-order valence-corrected chi connectivity index (χ3v) is 3.60. The second-order valence-electron chi connectivity index (χ2n) is 4.92. The van der Waals surface area contributed by atoms with Crippen molar-refractivity contribution in [1.82, 2.24) is 10.2 Å². The Bertz CT molecular complexity index is 838. The number of H-pyrrole nitrogens is 1. The maximum Gasteiger partial charge on any atom is 0.244 e. The lowest BCUT2D eigenvalue weighted by molar-refractivity contribution is 0.180. The summed E-state index contributed by atoms with van der Waals surface area (Å²) in [4.78, 5) is 0.